The Balaban J connectivity index is 1.84. The minimum atomic E-state index is -0.730. The van der Waals surface area contributed by atoms with Crippen molar-refractivity contribution in [3.05, 3.63) is 35.9 Å². The zero-order valence-electron chi connectivity index (χ0n) is 10.6. The Morgan fingerprint density at radius 1 is 1.06 bits per heavy atom. The second-order valence-electron chi connectivity index (χ2n) is 4.79. The Hall–Kier alpha value is -1.39. The molecule has 0 radical (unpaired) electrons. The molecule has 1 fully saturated rings. The topological polar surface area (TPSA) is 43.8 Å². The fraction of sp³-hybridized carbons (Fsp3) is 0.500. The fourth-order valence-electron chi connectivity index (χ4n) is 2.37. The van der Waals surface area contributed by atoms with Crippen LogP contribution in [0, 0.1) is 0 Å². The summed E-state index contributed by atoms with van der Waals surface area (Å²) in [4.78, 5) is 15.1. The van der Waals surface area contributed by atoms with Crippen molar-refractivity contribution in [2.75, 3.05) is 32.7 Å². The smallest absolute Gasteiger partial charge is 0.317 e. The fourth-order valence-corrected chi connectivity index (χ4v) is 2.37. The monoisotopic (exact) mass is 248 g/mol. The van der Waals surface area contributed by atoms with Crippen LogP contribution in [0.5, 0.6) is 0 Å². The Kier molecular flexibility index (Phi) is 4.73. The number of hydrogen-bond donors (Lipinski definition) is 1. The number of benzene rings is 1. The first kappa shape index (κ1) is 13.1. The molecule has 0 atom stereocenters. The molecule has 1 heterocycles. The lowest BCUT2D eigenvalue weighted by molar-refractivity contribution is -0.138. The summed E-state index contributed by atoms with van der Waals surface area (Å²) in [7, 11) is 0. The molecule has 1 saturated heterocycles. The van der Waals surface area contributed by atoms with Gasteiger partial charge in [-0.15, -0.1) is 0 Å². The maximum Gasteiger partial charge on any atom is 0.317 e. The van der Waals surface area contributed by atoms with Gasteiger partial charge >= 0.3 is 5.97 Å². The van der Waals surface area contributed by atoms with E-state index in [-0.39, 0.29) is 6.54 Å². The highest BCUT2D eigenvalue weighted by Crippen LogP contribution is 2.08. The van der Waals surface area contributed by atoms with Gasteiger partial charge in [-0.1, -0.05) is 30.3 Å². The van der Waals surface area contributed by atoms with Crippen LogP contribution in [-0.4, -0.2) is 53.6 Å². The van der Waals surface area contributed by atoms with Crippen LogP contribution in [0.2, 0.25) is 0 Å². The number of nitrogens with zero attached hydrogens (tertiary/aromatic N) is 2. The standard InChI is InChI=1S/C14H20N2O2/c17-14(18)12-16-8-4-7-15(9-10-16)11-13-5-2-1-3-6-13/h1-3,5-6H,4,7-12H2,(H,17,18). The molecule has 1 aliphatic heterocycles. The van der Waals surface area contributed by atoms with Crippen LogP contribution in [-0.2, 0) is 11.3 Å². The van der Waals surface area contributed by atoms with Crippen LogP contribution in [0.15, 0.2) is 30.3 Å². The molecule has 0 amide bonds. The number of aliphatic carboxylic acids is 1. The van der Waals surface area contributed by atoms with Crippen LogP contribution < -0.4 is 0 Å². The van der Waals surface area contributed by atoms with Gasteiger partial charge in [-0.3, -0.25) is 14.6 Å². The van der Waals surface area contributed by atoms with Crippen LogP contribution in [0.4, 0.5) is 0 Å². The van der Waals surface area contributed by atoms with E-state index in [9.17, 15) is 4.79 Å². The van der Waals surface area contributed by atoms with Gasteiger partial charge in [0, 0.05) is 26.2 Å². The third-order valence-electron chi connectivity index (χ3n) is 3.29. The molecule has 4 heteroatoms. The van der Waals surface area contributed by atoms with E-state index in [4.69, 9.17) is 5.11 Å². The zero-order valence-corrected chi connectivity index (χ0v) is 10.6. The average Bonchev–Trinajstić information content (AvgIpc) is 2.56. The maximum atomic E-state index is 10.7. The van der Waals surface area contributed by atoms with Crippen molar-refractivity contribution in [1.29, 1.82) is 0 Å². The van der Waals surface area contributed by atoms with Gasteiger partial charge in [0.25, 0.3) is 0 Å². The Morgan fingerprint density at radius 2 is 1.72 bits per heavy atom. The molecular formula is C14H20N2O2. The molecule has 1 aromatic carbocycles. The van der Waals surface area contributed by atoms with Crippen molar-refractivity contribution < 1.29 is 9.90 Å². The van der Waals surface area contributed by atoms with Crippen molar-refractivity contribution in [2.45, 2.75) is 13.0 Å². The van der Waals surface area contributed by atoms with E-state index < -0.39 is 5.97 Å². The van der Waals surface area contributed by atoms with Gasteiger partial charge in [-0.05, 0) is 18.5 Å². The van der Waals surface area contributed by atoms with E-state index in [0.717, 1.165) is 39.1 Å². The van der Waals surface area contributed by atoms with Crippen molar-refractivity contribution in [3.8, 4) is 0 Å². The summed E-state index contributed by atoms with van der Waals surface area (Å²) in [6.45, 7) is 4.85. The Morgan fingerprint density at radius 3 is 2.44 bits per heavy atom. The van der Waals surface area contributed by atoms with Gasteiger partial charge in [0.2, 0.25) is 0 Å². The minimum Gasteiger partial charge on any atom is -0.480 e. The van der Waals surface area contributed by atoms with Gasteiger partial charge in [-0.2, -0.15) is 0 Å². The van der Waals surface area contributed by atoms with Crippen LogP contribution >= 0.6 is 0 Å². The largest absolute Gasteiger partial charge is 0.480 e. The zero-order chi connectivity index (χ0) is 12.8. The molecule has 0 aliphatic carbocycles. The minimum absolute atomic E-state index is 0.166. The molecule has 0 unspecified atom stereocenters. The van der Waals surface area contributed by atoms with Crippen molar-refractivity contribution in [1.82, 2.24) is 9.80 Å². The van der Waals surface area contributed by atoms with Gasteiger partial charge in [0.1, 0.15) is 0 Å². The van der Waals surface area contributed by atoms with Crippen LogP contribution in [0.3, 0.4) is 0 Å². The number of hydrogen-bond acceptors (Lipinski definition) is 3. The van der Waals surface area contributed by atoms with E-state index in [0.29, 0.717) is 0 Å². The summed E-state index contributed by atoms with van der Waals surface area (Å²) < 4.78 is 0. The van der Waals surface area contributed by atoms with Crippen molar-refractivity contribution in [3.63, 3.8) is 0 Å². The quantitative estimate of drug-likeness (QED) is 0.871. The summed E-state index contributed by atoms with van der Waals surface area (Å²) in [5, 5.41) is 8.80. The molecular weight excluding hydrogens is 228 g/mol. The molecule has 1 aliphatic rings. The molecule has 0 bridgehead atoms. The normalized spacial score (nSPS) is 18.4. The third kappa shape index (κ3) is 4.13. The number of rotatable bonds is 4. The molecule has 2 rings (SSSR count). The third-order valence-corrected chi connectivity index (χ3v) is 3.29. The Labute approximate surface area is 108 Å². The lowest BCUT2D eigenvalue weighted by Gasteiger charge is -2.20. The molecule has 0 aromatic heterocycles. The van der Waals surface area contributed by atoms with Crippen LogP contribution in [0.25, 0.3) is 0 Å². The molecule has 1 aromatic rings. The van der Waals surface area contributed by atoms with Crippen molar-refractivity contribution >= 4 is 5.97 Å². The van der Waals surface area contributed by atoms with Crippen molar-refractivity contribution in [2.24, 2.45) is 0 Å². The lowest BCUT2D eigenvalue weighted by atomic mass is 10.2. The number of carboxylic acids is 1. The first-order valence-electron chi connectivity index (χ1n) is 6.44. The number of carboxylic acid groups (broad SMARTS) is 1. The first-order valence-corrected chi connectivity index (χ1v) is 6.44. The summed E-state index contributed by atoms with van der Waals surface area (Å²) in [5.74, 6) is -0.730. The van der Waals surface area contributed by atoms with Gasteiger partial charge in [0.15, 0.2) is 0 Å². The molecule has 0 saturated carbocycles. The van der Waals surface area contributed by atoms with E-state index in [1.807, 2.05) is 11.0 Å². The predicted octanol–water partition coefficient (Wildman–Crippen LogP) is 1.28. The summed E-state index contributed by atoms with van der Waals surface area (Å²) in [5.41, 5.74) is 1.32. The maximum absolute atomic E-state index is 10.7. The highest BCUT2D eigenvalue weighted by Gasteiger charge is 2.16. The van der Waals surface area contributed by atoms with E-state index >= 15 is 0 Å². The van der Waals surface area contributed by atoms with Crippen LogP contribution in [0.1, 0.15) is 12.0 Å². The molecule has 0 spiro atoms. The highest BCUT2D eigenvalue weighted by molar-refractivity contribution is 5.69. The molecule has 98 valence electrons. The Bertz CT molecular complexity index is 381. The summed E-state index contributed by atoms with van der Waals surface area (Å²) >= 11 is 0. The molecule has 1 N–H and O–H groups in total. The first-order chi connectivity index (χ1) is 8.74. The average molecular weight is 248 g/mol. The van der Waals surface area contributed by atoms with E-state index in [1.165, 1.54) is 5.56 Å². The molecule has 4 nitrogen and oxygen atoms in total. The second-order valence-corrected chi connectivity index (χ2v) is 4.79. The number of carbonyl (C=O) groups is 1. The lowest BCUT2D eigenvalue weighted by Crippen LogP contribution is -2.34. The highest BCUT2D eigenvalue weighted by atomic mass is 16.4. The SMILES string of the molecule is O=C(O)CN1CCCN(Cc2ccccc2)CC1. The van der Waals surface area contributed by atoms with Gasteiger partial charge in [-0.25, -0.2) is 0 Å². The van der Waals surface area contributed by atoms with E-state index in [2.05, 4.69) is 29.2 Å². The van der Waals surface area contributed by atoms with E-state index in [1.54, 1.807) is 0 Å². The van der Waals surface area contributed by atoms with Gasteiger partial charge in [0.05, 0.1) is 6.54 Å². The van der Waals surface area contributed by atoms with Gasteiger partial charge < -0.3 is 5.11 Å². The predicted molar refractivity (Wildman–Crippen MR) is 70.4 cm³/mol. The second kappa shape index (κ2) is 6.52. The summed E-state index contributed by atoms with van der Waals surface area (Å²) in [6, 6.07) is 10.4. The summed E-state index contributed by atoms with van der Waals surface area (Å²) in [6.07, 6.45) is 1.04. The molecule has 18 heavy (non-hydrogen) atoms.